The Labute approximate surface area is 170 Å². The molecule has 136 valence electrons. The van der Waals surface area contributed by atoms with Gasteiger partial charge in [-0.05, 0) is 36.0 Å². The number of hydrogen-bond donors (Lipinski definition) is 1. The summed E-state index contributed by atoms with van der Waals surface area (Å²) in [6.07, 6.45) is 4.39. The summed E-state index contributed by atoms with van der Waals surface area (Å²) < 4.78 is 0. The summed E-state index contributed by atoms with van der Waals surface area (Å²) >= 11 is 17.7. The van der Waals surface area contributed by atoms with E-state index >= 15 is 0 Å². The van der Waals surface area contributed by atoms with Crippen molar-refractivity contribution < 1.29 is 0 Å². The normalized spacial score (nSPS) is 15.4. The first-order valence-corrected chi connectivity index (χ1v) is 9.73. The Bertz CT molecular complexity index is 772. The zero-order valence-corrected chi connectivity index (χ0v) is 16.7. The lowest BCUT2D eigenvalue weighted by molar-refractivity contribution is 0.200. The molecule has 1 N–H and O–H groups in total. The Morgan fingerprint density at radius 3 is 2.46 bits per heavy atom. The lowest BCUT2D eigenvalue weighted by atomic mass is 10.2. The Kier molecular flexibility index (Phi) is 6.92. The van der Waals surface area contributed by atoms with E-state index in [0.29, 0.717) is 15.2 Å². The van der Waals surface area contributed by atoms with Gasteiger partial charge in [0.15, 0.2) is 5.11 Å². The quantitative estimate of drug-likeness (QED) is 0.719. The average Bonchev–Trinajstić information content (AvgIpc) is 2.65. The maximum absolute atomic E-state index is 6.20. The highest BCUT2D eigenvalue weighted by atomic mass is 35.5. The van der Waals surface area contributed by atoms with Crippen LogP contribution in [0.4, 0.5) is 5.69 Å². The van der Waals surface area contributed by atoms with Crippen LogP contribution < -0.4 is 5.32 Å². The number of benzene rings is 2. The highest BCUT2D eigenvalue weighted by molar-refractivity contribution is 7.80. The molecule has 0 saturated carbocycles. The van der Waals surface area contributed by atoms with E-state index in [1.54, 1.807) is 12.1 Å². The molecule has 6 heteroatoms. The highest BCUT2D eigenvalue weighted by Gasteiger charge is 2.18. The van der Waals surface area contributed by atoms with Gasteiger partial charge in [-0.25, -0.2) is 0 Å². The number of piperazine rings is 1. The Morgan fingerprint density at radius 2 is 1.77 bits per heavy atom. The number of rotatable bonds is 4. The Balaban J connectivity index is 1.45. The fraction of sp³-hybridized carbons (Fsp3) is 0.250. The van der Waals surface area contributed by atoms with E-state index < -0.39 is 0 Å². The van der Waals surface area contributed by atoms with Crippen LogP contribution in [0.15, 0.2) is 54.6 Å². The van der Waals surface area contributed by atoms with Gasteiger partial charge in [0.05, 0.1) is 10.7 Å². The molecule has 0 aliphatic carbocycles. The third-order valence-electron chi connectivity index (χ3n) is 4.31. The van der Waals surface area contributed by atoms with Crippen LogP contribution >= 0.6 is 35.4 Å². The molecule has 3 rings (SSSR count). The van der Waals surface area contributed by atoms with Gasteiger partial charge in [0.1, 0.15) is 0 Å². The molecule has 1 aliphatic heterocycles. The number of nitrogens with zero attached hydrogens (tertiary/aromatic N) is 2. The summed E-state index contributed by atoms with van der Waals surface area (Å²) in [5, 5.41) is 5.11. The maximum Gasteiger partial charge on any atom is 0.173 e. The molecule has 3 nitrogen and oxygen atoms in total. The van der Waals surface area contributed by atoms with Crippen LogP contribution in [0.2, 0.25) is 10.0 Å². The molecule has 2 aromatic carbocycles. The van der Waals surface area contributed by atoms with Gasteiger partial charge < -0.3 is 10.2 Å². The Hall–Kier alpha value is -1.59. The number of nitrogens with one attached hydrogen (secondary N) is 1. The van der Waals surface area contributed by atoms with Crippen molar-refractivity contribution in [3.8, 4) is 0 Å². The van der Waals surface area contributed by atoms with Gasteiger partial charge in [0.25, 0.3) is 0 Å². The monoisotopic (exact) mass is 405 g/mol. The second kappa shape index (κ2) is 9.38. The summed E-state index contributed by atoms with van der Waals surface area (Å²) in [6, 6.07) is 15.7. The summed E-state index contributed by atoms with van der Waals surface area (Å²) in [6.45, 7) is 4.71. The lowest BCUT2D eigenvalue weighted by Crippen LogP contribution is -2.49. The fourth-order valence-electron chi connectivity index (χ4n) is 2.82. The van der Waals surface area contributed by atoms with Crippen molar-refractivity contribution in [2.45, 2.75) is 0 Å². The molecule has 0 bridgehead atoms. The van der Waals surface area contributed by atoms with Gasteiger partial charge in [-0.2, -0.15) is 0 Å². The van der Waals surface area contributed by atoms with Crippen LogP contribution in [0.3, 0.4) is 0 Å². The molecule has 1 fully saturated rings. The SMILES string of the molecule is S=C(Nc1ccc(Cl)cc1Cl)N1CCN(C/C=C/c2ccccc2)CC1. The predicted molar refractivity (Wildman–Crippen MR) is 116 cm³/mol. The maximum atomic E-state index is 6.20. The first-order valence-electron chi connectivity index (χ1n) is 8.57. The van der Waals surface area contributed by atoms with Crippen LogP contribution in [-0.4, -0.2) is 47.6 Å². The molecule has 0 unspecified atom stereocenters. The molecule has 0 atom stereocenters. The summed E-state index contributed by atoms with van der Waals surface area (Å²) in [7, 11) is 0. The van der Waals surface area contributed by atoms with Crippen LogP contribution in [-0.2, 0) is 0 Å². The van der Waals surface area contributed by atoms with E-state index in [0.717, 1.165) is 38.4 Å². The van der Waals surface area contributed by atoms with Gasteiger partial charge in [-0.15, -0.1) is 0 Å². The molecule has 0 aromatic heterocycles. The van der Waals surface area contributed by atoms with E-state index in [4.69, 9.17) is 35.4 Å². The molecular formula is C20H21Cl2N3S. The van der Waals surface area contributed by atoms with Crippen LogP contribution in [0.5, 0.6) is 0 Å². The first kappa shape index (κ1) is 19.2. The average molecular weight is 406 g/mol. The second-order valence-electron chi connectivity index (χ2n) is 6.16. The van der Waals surface area contributed by atoms with Crippen LogP contribution in [0, 0.1) is 0 Å². The van der Waals surface area contributed by atoms with Gasteiger partial charge >= 0.3 is 0 Å². The van der Waals surface area contributed by atoms with Gasteiger partial charge in [0, 0.05) is 37.7 Å². The van der Waals surface area contributed by atoms with Gasteiger partial charge in [-0.3, -0.25) is 4.90 Å². The summed E-state index contributed by atoms with van der Waals surface area (Å²) in [5.74, 6) is 0. The smallest absolute Gasteiger partial charge is 0.173 e. The Morgan fingerprint density at radius 1 is 1.04 bits per heavy atom. The number of thiocarbonyl (C=S) groups is 1. The van der Waals surface area contributed by atoms with Crippen LogP contribution in [0.25, 0.3) is 6.08 Å². The summed E-state index contributed by atoms with van der Waals surface area (Å²) in [5.41, 5.74) is 2.02. The second-order valence-corrected chi connectivity index (χ2v) is 7.39. The van der Waals surface area contributed by atoms with Crippen molar-refractivity contribution in [3.63, 3.8) is 0 Å². The van der Waals surface area contributed by atoms with E-state index in [9.17, 15) is 0 Å². The minimum absolute atomic E-state index is 0.574. The van der Waals surface area contributed by atoms with E-state index in [-0.39, 0.29) is 0 Å². The third kappa shape index (κ3) is 5.45. The predicted octanol–water partition coefficient (Wildman–Crippen LogP) is 5.02. The number of anilines is 1. The first-order chi connectivity index (χ1) is 12.6. The largest absolute Gasteiger partial charge is 0.346 e. The van der Waals surface area contributed by atoms with Crippen LogP contribution in [0.1, 0.15) is 5.56 Å². The van der Waals surface area contributed by atoms with Crippen molar-refractivity contribution in [1.29, 1.82) is 0 Å². The number of hydrogen-bond acceptors (Lipinski definition) is 2. The third-order valence-corrected chi connectivity index (χ3v) is 5.21. The standard InChI is InChI=1S/C20H21Cl2N3S/c21-17-8-9-19(18(22)15-17)23-20(26)25-13-11-24(12-14-25)10-4-7-16-5-2-1-3-6-16/h1-9,15H,10-14H2,(H,23,26)/b7-4+. The molecule has 0 radical (unpaired) electrons. The molecule has 1 heterocycles. The minimum atomic E-state index is 0.574. The van der Waals surface area contributed by atoms with Gasteiger partial charge in [-0.1, -0.05) is 65.7 Å². The highest BCUT2D eigenvalue weighted by Crippen LogP contribution is 2.25. The van der Waals surface area contributed by atoms with Crippen molar-refractivity contribution in [1.82, 2.24) is 9.80 Å². The van der Waals surface area contributed by atoms with Crippen molar-refractivity contribution >= 4 is 52.3 Å². The minimum Gasteiger partial charge on any atom is -0.346 e. The molecule has 0 spiro atoms. The molecule has 1 saturated heterocycles. The lowest BCUT2D eigenvalue weighted by Gasteiger charge is -2.35. The van der Waals surface area contributed by atoms with E-state index in [2.05, 4.69) is 51.5 Å². The van der Waals surface area contributed by atoms with Gasteiger partial charge in [0.2, 0.25) is 0 Å². The number of halogens is 2. The van der Waals surface area contributed by atoms with Crippen molar-refractivity contribution in [2.24, 2.45) is 0 Å². The van der Waals surface area contributed by atoms with E-state index in [1.807, 2.05) is 12.1 Å². The molecule has 2 aromatic rings. The van der Waals surface area contributed by atoms with E-state index in [1.165, 1.54) is 5.56 Å². The molecule has 26 heavy (non-hydrogen) atoms. The summed E-state index contributed by atoms with van der Waals surface area (Å²) in [4.78, 5) is 4.60. The zero-order valence-electron chi connectivity index (χ0n) is 14.4. The zero-order chi connectivity index (χ0) is 18.4. The molecule has 0 amide bonds. The molecular weight excluding hydrogens is 385 g/mol. The van der Waals surface area contributed by atoms with Crippen molar-refractivity contribution in [3.05, 3.63) is 70.2 Å². The topological polar surface area (TPSA) is 18.5 Å². The fourth-order valence-corrected chi connectivity index (χ4v) is 3.57. The molecule has 1 aliphatic rings. The van der Waals surface area contributed by atoms with Crippen molar-refractivity contribution in [2.75, 3.05) is 38.0 Å².